The Balaban J connectivity index is 1.96. The maximum Gasteiger partial charge on any atom is 0.321 e. The van der Waals surface area contributed by atoms with Crippen LogP contribution in [-0.4, -0.2) is 78.9 Å². The minimum atomic E-state index is -3.99. The summed E-state index contributed by atoms with van der Waals surface area (Å²) in [5.41, 5.74) is 1.13. The van der Waals surface area contributed by atoms with Gasteiger partial charge < -0.3 is 25.2 Å². The Kier molecular flexibility index (Phi) is 8.98. The summed E-state index contributed by atoms with van der Waals surface area (Å²) in [5.74, 6) is 5.24. The van der Waals surface area contributed by atoms with Gasteiger partial charge in [-0.1, -0.05) is 37.0 Å². The van der Waals surface area contributed by atoms with Crippen molar-refractivity contribution in [3.63, 3.8) is 0 Å². The number of nitrogens with one attached hydrogen (secondary N) is 1. The van der Waals surface area contributed by atoms with E-state index in [1.165, 1.54) is 28.3 Å². The average Bonchev–Trinajstić information content (AvgIpc) is 2.84. The molecule has 1 heterocycles. The molecule has 0 aliphatic carbocycles. The van der Waals surface area contributed by atoms with Crippen molar-refractivity contribution < 1.29 is 28.2 Å². The van der Waals surface area contributed by atoms with Crippen LogP contribution in [0.1, 0.15) is 26.3 Å². The van der Waals surface area contributed by atoms with Crippen molar-refractivity contribution in [2.45, 2.75) is 43.9 Å². The number of carbonyl (C=O) groups is 1. The molecular weight excluding hydrogens is 482 g/mol. The molecule has 1 aliphatic rings. The highest BCUT2D eigenvalue weighted by Gasteiger charge is 2.38. The van der Waals surface area contributed by atoms with E-state index in [1.807, 2.05) is 25.1 Å². The molecule has 0 fully saturated rings. The number of anilines is 1. The van der Waals surface area contributed by atoms with Crippen LogP contribution in [0, 0.1) is 17.8 Å². The number of hydrogen-bond donors (Lipinski definition) is 3. The normalized spacial score (nSPS) is 20.8. The predicted octanol–water partition coefficient (Wildman–Crippen LogP) is 2.35. The van der Waals surface area contributed by atoms with E-state index in [0.29, 0.717) is 11.3 Å². The number of likely N-dealkylation sites (N-methyl/N-ethyl adjacent to an activating group) is 1. The molecule has 4 atom stereocenters. The molecule has 0 saturated heterocycles. The number of ether oxygens (including phenoxy) is 1. The van der Waals surface area contributed by atoms with Crippen molar-refractivity contribution in [3.05, 3.63) is 54.1 Å². The number of rotatable bonds is 5. The molecule has 0 aromatic heterocycles. The third-order valence-corrected chi connectivity index (χ3v) is 7.94. The van der Waals surface area contributed by atoms with Gasteiger partial charge in [0, 0.05) is 36.8 Å². The first kappa shape index (κ1) is 27.5. The lowest BCUT2D eigenvalue weighted by atomic mass is 10.0. The van der Waals surface area contributed by atoms with Crippen molar-refractivity contribution in [1.82, 2.24) is 9.21 Å². The first-order chi connectivity index (χ1) is 17.0. The van der Waals surface area contributed by atoms with Gasteiger partial charge in [0.2, 0.25) is 10.0 Å². The maximum absolute atomic E-state index is 13.5. The molecule has 0 saturated carbocycles. The van der Waals surface area contributed by atoms with E-state index in [2.05, 4.69) is 17.2 Å². The molecule has 2 amide bonds. The summed E-state index contributed by atoms with van der Waals surface area (Å²) in [6, 6.07) is 12.6. The predicted molar refractivity (Wildman–Crippen MR) is 137 cm³/mol. The molecule has 3 rings (SSSR count). The second kappa shape index (κ2) is 11.8. The molecule has 0 unspecified atom stereocenters. The molecule has 0 spiro atoms. The van der Waals surface area contributed by atoms with Crippen molar-refractivity contribution in [2.24, 2.45) is 5.92 Å². The fourth-order valence-corrected chi connectivity index (χ4v) is 5.63. The zero-order chi connectivity index (χ0) is 26.5. The number of nitrogens with zero attached hydrogens (tertiary/aromatic N) is 2. The summed E-state index contributed by atoms with van der Waals surface area (Å²) in [4.78, 5) is 14.2. The highest BCUT2D eigenvalue weighted by Crippen LogP contribution is 2.34. The van der Waals surface area contributed by atoms with Crippen LogP contribution < -0.4 is 10.1 Å². The van der Waals surface area contributed by atoms with E-state index < -0.39 is 28.3 Å². The Bertz CT molecular complexity index is 1220. The van der Waals surface area contributed by atoms with E-state index in [0.717, 1.165) is 0 Å². The molecule has 36 heavy (non-hydrogen) atoms. The van der Waals surface area contributed by atoms with Gasteiger partial charge in [-0.05, 0) is 44.2 Å². The van der Waals surface area contributed by atoms with Crippen LogP contribution in [0.2, 0.25) is 0 Å². The lowest BCUT2D eigenvalue weighted by molar-refractivity contribution is 0.0830. The number of benzene rings is 2. The summed E-state index contributed by atoms with van der Waals surface area (Å²) in [5, 5.41) is 22.1. The second-order valence-electron chi connectivity index (χ2n) is 9.02. The van der Waals surface area contributed by atoms with E-state index in [1.54, 1.807) is 32.2 Å². The number of hydrogen-bond acceptors (Lipinski definition) is 6. The van der Waals surface area contributed by atoms with Crippen molar-refractivity contribution in [1.29, 1.82) is 0 Å². The van der Waals surface area contributed by atoms with Crippen LogP contribution >= 0.6 is 0 Å². The van der Waals surface area contributed by atoms with Crippen LogP contribution in [0.15, 0.2) is 53.4 Å². The first-order valence-electron chi connectivity index (χ1n) is 11.7. The van der Waals surface area contributed by atoms with Crippen molar-refractivity contribution in [2.75, 3.05) is 32.1 Å². The van der Waals surface area contributed by atoms with E-state index in [-0.39, 0.29) is 42.3 Å². The summed E-state index contributed by atoms with van der Waals surface area (Å²) in [6.45, 7) is 4.97. The molecular formula is C26H33N3O6S. The molecule has 3 N–H and O–H groups in total. The highest BCUT2D eigenvalue weighted by molar-refractivity contribution is 7.89. The molecule has 2 aromatic rings. The topological polar surface area (TPSA) is 119 Å². The molecule has 9 nitrogen and oxygen atoms in total. The third kappa shape index (κ3) is 6.56. The number of carbonyl (C=O) groups excluding carboxylic acids is 1. The quantitative estimate of drug-likeness (QED) is 0.526. The fourth-order valence-electron chi connectivity index (χ4n) is 3.80. The van der Waals surface area contributed by atoms with Gasteiger partial charge in [0.15, 0.2) is 0 Å². The highest BCUT2D eigenvalue weighted by atomic mass is 32.2. The van der Waals surface area contributed by atoms with Crippen LogP contribution in [0.25, 0.3) is 0 Å². The van der Waals surface area contributed by atoms with Gasteiger partial charge in [-0.25, -0.2) is 13.2 Å². The van der Waals surface area contributed by atoms with Gasteiger partial charge in [0.1, 0.15) is 22.9 Å². The Morgan fingerprint density at radius 2 is 1.94 bits per heavy atom. The number of sulfonamides is 1. The number of para-hydroxylation sites is 1. The Morgan fingerprint density at radius 3 is 2.58 bits per heavy atom. The van der Waals surface area contributed by atoms with Gasteiger partial charge in [-0.15, -0.1) is 0 Å². The van der Waals surface area contributed by atoms with Gasteiger partial charge in [-0.3, -0.25) is 0 Å². The lowest BCUT2D eigenvalue weighted by Crippen LogP contribution is -2.50. The number of fused-ring (bicyclic) bond motifs is 1. The summed E-state index contributed by atoms with van der Waals surface area (Å²) in [6.07, 6.45) is -1.40. The number of aliphatic hydroxyl groups is 2. The van der Waals surface area contributed by atoms with E-state index in [9.17, 15) is 23.4 Å². The smallest absolute Gasteiger partial charge is 0.321 e. The molecule has 0 bridgehead atoms. The van der Waals surface area contributed by atoms with Crippen molar-refractivity contribution in [3.8, 4) is 17.6 Å². The van der Waals surface area contributed by atoms with Gasteiger partial charge >= 0.3 is 6.03 Å². The molecule has 0 radical (unpaired) electrons. The van der Waals surface area contributed by atoms with E-state index >= 15 is 0 Å². The Labute approximate surface area is 212 Å². The largest absolute Gasteiger partial charge is 0.487 e. The van der Waals surface area contributed by atoms with Crippen LogP contribution in [0.3, 0.4) is 0 Å². The maximum atomic E-state index is 13.5. The zero-order valence-corrected chi connectivity index (χ0v) is 21.7. The molecule has 2 aromatic carbocycles. The fraction of sp³-hybridized carbons (Fsp3) is 0.423. The van der Waals surface area contributed by atoms with Crippen LogP contribution in [0.4, 0.5) is 10.5 Å². The standard InChI is InChI=1S/C26H33N3O6S/c1-18-15-29(19(2)17-30)36(33,34)25-13-12-21(11-10-20(3)31)14-23(25)35-24(18)16-28(4)26(32)27-22-8-6-5-7-9-22/h5-9,12-14,18-20,24,30-31H,15-17H2,1-4H3,(H,27,32)/t18-,19-,20-,24+/m0/s1. The van der Waals surface area contributed by atoms with Crippen LogP contribution in [0.5, 0.6) is 5.75 Å². The third-order valence-electron chi connectivity index (χ3n) is 5.92. The van der Waals surface area contributed by atoms with Crippen molar-refractivity contribution >= 4 is 21.7 Å². The number of amides is 2. The van der Waals surface area contributed by atoms with Gasteiger partial charge in [0.05, 0.1) is 13.2 Å². The molecule has 194 valence electrons. The summed E-state index contributed by atoms with van der Waals surface area (Å²) in [7, 11) is -2.34. The SMILES string of the molecule is C[C@H](O)C#Cc1ccc2c(c1)O[C@H](CN(C)C(=O)Nc1ccccc1)[C@@H](C)CN([C@@H](C)CO)S2(=O)=O. The molecule has 1 aliphatic heterocycles. The van der Waals surface area contributed by atoms with Gasteiger partial charge in [-0.2, -0.15) is 4.31 Å². The zero-order valence-electron chi connectivity index (χ0n) is 20.9. The average molecular weight is 516 g/mol. The summed E-state index contributed by atoms with van der Waals surface area (Å²) < 4.78 is 34.6. The second-order valence-corrected chi connectivity index (χ2v) is 10.9. The monoisotopic (exact) mass is 515 g/mol. The first-order valence-corrected chi connectivity index (χ1v) is 13.2. The lowest BCUT2D eigenvalue weighted by Gasteiger charge is -2.37. The number of urea groups is 1. The summed E-state index contributed by atoms with van der Waals surface area (Å²) >= 11 is 0. The Hall–Kier alpha value is -3.10. The molecule has 10 heteroatoms. The van der Waals surface area contributed by atoms with E-state index in [4.69, 9.17) is 4.74 Å². The van der Waals surface area contributed by atoms with Crippen LogP contribution in [-0.2, 0) is 10.0 Å². The van der Waals surface area contributed by atoms with Gasteiger partial charge in [0.25, 0.3) is 0 Å². The number of aliphatic hydroxyl groups excluding tert-OH is 2. The minimum Gasteiger partial charge on any atom is -0.487 e. The minimum absolute atomic E-state index is 0.0429. The Morgan fingerprint density at radius 1 is 1.25 bits per heavy atom.